The number of fused-ring (bicyclic) bond motifs is 1. The maximum absolute atomic E-state index is 13.2. The largest absolute Gasteiger partial charge is 0.416 e. The average molecular weight is 471 g/mol. The molecule has 0 saturated carbocycles. The van der Waals surface area contributed by atoms with Crippen molar-refractivity contribution >= 4 is 33.1 Å². The molecule has 1 aliphatic rings. The minimum absolute atomic E-state index is 0.328. The first-order valence-electron chi connectivity index (χ1n) is 10.6. The number of morpholine rings is 1. The van der Waals surface area contributed by atoms with Crippen LogP contribution in [0.15, 0.2) is 60.7 Å². The highest BCUT2D eigenvalue weighted by atomic mass is 32.1. The summed E-state index contributed by atoms with van der Waals surface area (Å²) in [5, 5.41) is 3.89. The molecule has 0 spiro atoms. The number of halogens is 3. The standard InChI is InChI=1S/C24H21F3N4OS/c25-24(26,27)17-7-4-8-18(13-17)28-22-19-14-20(16-5-2-1-3-6-16)33-23(19)30-21(29-22)15-31-9-11-32-12-10-31/h1-8,13-14H,9-12,15H2,(H,28,29,30). The van der Waals surface area contributed by atoms with Crippen LogP contribution in [0.5, 0.6) is 0 Å². The highest BCUT2D eigenvalue weighted by molar-refractivity contribution is 7.21. The molecular formula is C24H21F3N4OS. The lowest BCUT2D eigenvalue weighted by atomic mass is 10.1. The molecule has 2 aromatic heterocycles. The van der Waals surface area contributed by atoms with Gasteiger partial charge in [0, 0.05) is 23.7 Å². The fraction of sp³-hybridized carbons (Fsp3) is 0.250. The van der Waals surface area contributed by atoms with Crippen molar-refractivity contribution in [1.29, 1.82) is 0 Å². The zero-order chi connectivity index (χ0) is 22.8. The van der Waals surface area contributed by atoms with E-state index in [2.05, 4.69) is 10.2 Å². The molecular weight excluding hydrogens is 449 g/mol. The van der Waals surface area contributed by atoms with Crippen molar-refractivity contribution in [3.05, 3.63) is 72.1 Å². The number of nitrogens with one attached hydrogen (secondary N) is 1. The molecule has 170 valence electrons. The molecule has 3 heterocycles. The second kappa shape index (κ2) is 9.09. The van der Waals surface area contributed by atoms with Gasteiger partial charge >= 0.3 is 6.18 Å². The summed E-state index contributed by atoms with van der Waals surface area (Å²) in [6.07, 6.45) is -4.41. The van der Waals surface area contributed by atoms with Crippen molar-refractivity contribution in [3.63, 3.8) is 0 Å². The van der Waals surface area contributed by atoms with Crippen molar-refractivity contribution in [2.45, 2.75) is 12.7 Å². The van der Waals surface area contributed by atoms with E-state index in [1.165, 1.54) is 6.07 Å². The monoisotopic (exact) mass is 470 g/mol. The number of alkyl halides is 3. The van der Waals surface area contributed by atoms with Gasteiger partial charge in [-0.3, -0.25) is 4.90 Å². The molecule has 4 aromatic rings. The Bertz CT molecular complexity index is 1250. The maximum Gasteiger partial charge on any atom is 0.416 e. The first-order valence-corrected chi connectivity index (χ1v) is 11.4. The van der Waals surface area contributed by atoms with E-state index in [9.17, 15) is 13.2 Å². The third-order valence-electron chi connectivity index (χ3n) is 5.42. The predicted octanol–water partition coefficient (Wildman–Crippen LogP) is 5.95. The highest BCUT2D eigenvalue weighted by Crippen LogP contribution is 2.37. The molecule has 0 aliphatic carbocycles. The lowest BCUT2D eigenvalue weighted by Gasteiger charge is -2.25. The Morgan fingerprint density at radius 2 is 1.76 bits per heavy atom. The number of hydrogen-bond donors (Lipinski definition) is 1. The van der Waals surface area contributed by atoms with Crippen LogP contribution >= 0.6 is 11.3 Å². The smallest absolute Gasteiger partial charge is 0.379 e. The van der Waals surface area contributed by atoms with E-state index in [1.54, 1.807) is 17.4 Å². The van der Waals surface area contributed by atoms with Crippen LogP contribution in [0, 0.1) is 0 Å². The van der Waals surface area contributed by atoms with Gasteiger partial charge in [-0.05, 0) is 29.8 Å². The molecule has 1 aliphatic heterocycles. The van der Waals surface area contributed by atoms with Gasteiger partial charge in [0.05, 0.1) is 30.7 Å². The van der Waals surface area contributed by atoms with Crippen LogP contribution in [0.3, 0.4) is 0 Å². The maximum atomic E-state index is 13.2. The van der Waals surface area contributed by atoms with Crippen LogP contribution in [0.4, 0.5) is 24.7 Å². The Hall–Kier alpha value is -3.01. The van der Waals surface area contributed by atoms with E-state index in [0.29, 0.717) is 37.1 Å². The number of benzene rings is 2. The molecule has 0 amide bonds. The van der Waals surface area contributed by atoms with E-state index in [0.717, 1.165) is 45.9 Å². The van der Waals surface area contributed by atoms with Crippen LogP contribution in [-0.2, 0) is 17.5 Å². The lowest BCUT2D eigenvalue weighted by Crippen LogP contribution is -2.36. The summed E-state index contributed by atoms with van der Waals surface area (Å²) in [5.74, 6) is 1.13. The average Bonchev–Trinajstić information content (AvgIpc) is 3.25. The van der Waals surface area contributed by atoms with Gasteiger partial charge in [-0.15, -0.1) is 11.3 Å². The Morgan fingerprint density at radius 3 is 2.52 bits per heavy atom. The van der Waals surface area contributed by atoms with E-state index in [-0.39, 0.29) is 0 Å². The van der Waals surface area contributed by atoms with E-state index >= 15 is 0 Å². The van der Waals surface area contributed by atoms with Crippen molar-refractivity contribution in [3.8, 4) is 10.4 Å². The van der Waals surface area contributed by atoms with Crippen LogP contribution in [0.1, 0.15) is 11.4 Å². The number of rotatable bonds is 5. The fourth-order valence-corrected chi connectivity index (χ4v) is 4.80. The molecule has 0 bridgehead atoms. The van der Waals surface area contributed by atoms with Gasteiger partial charge in [-0.25, -0.2) is 9.97 Å². The van der Waals surface area contributed by atoms with Crippen LogP contribution in [-0.4, -0.2) is 41.2 Å². The number of aromatic nitrogens is 2. The van der Waals surface area contributed by atoms with Gasteiger partial charge in [-0.2, -0.15) is 13.2 Å². The zero-order valence-corrected chi connectivity index (χ0v) is 18.4. The first-order chi connectivity index (χ1) is 16.0. The minimum Gasteiger partial charge on any atom is -0.379 e. The topological polar surface area (TPSA) is 50.3 Å². The van der Waals surface area contributed by atoms with Gasteiger partial charge in [0.15, 0.2) is 0 Å². The summed E-state index contributed by atoms with van der Waals surface area (Å²) in [6, 6.07) is 17.1. The molecule has 1 fully saturated rings. The first kappa shape index (κ1) is 21.8. The van der Waals surface area contributed by atoms with E-state index in [4.69, 9.17) is 14.7 Å². The lowest BCUT2D eigenvalue weighted by molar-refractivity contribution is -0.137. The second-order valence-corrected chi connectivity index (χ2v) is 8.81. The van der Waals surface area contributed by atoms with Gasteiger partial charge in [0.25, 0.3) is 0 Å². The molecule has 5 nitrogen and oxygen atoms in total. The fourth-order valence-electron chi connectivity index (χ4n) is 3.75. The zero-order valence-electron chi connectivity index (χ0n) is 17.6. The molecule has 9 heteroatoms. The Balaban J connectivity index is 1.55. The molecule has 0 unspecified atom stereocenters. The number of nitrogens with zero attached hydrogens (tertiary/aromatic N) is 3. The van der Waals surface area contributed by atoms with Crippen molar-refractivity contribution in [2.24, 2.45) is 0 Å². The SMILES string of the molecule is FC(F)(F)c1cccc(Nc2nc(CN3CCOCC3)nc3sc(-c4ccccc4)cc23)c1. The third kappa shape index (κ3) is 5.00. The highest BCUT2D eigenvalue weighted by Gasteiger charge is 2.30. The summed E-state index contributed by atoms with van der Waals surface area (Å²) in [6.45, 7) is 3.45. The van der Waals surface area contributed by atoms with Gasteiger partial charge in [-0.1, -0.05) is 36.4 Å². The number of thiophene rings is 1. The molecule has 1 N–H and O–H groups in total. The summed E-state index contributed by atoms with van der Waals surface area (Å²) in [5.41, 5.74) is 0.677. The molecule has 5 rings (SSSR count). The predicted molar refractivity (Wildman–Crippen MR) is 124 cm³/mol. The van der Waals surface area contributed by atoms with Gasteiger partial charge < -0.3 is 10.1 Å². The molecule has 2 aromatic carbocycles. The van der Waals surface area contributed by atoms with E-state index < -0.39 is 11.7 Å². The number of ether oxygens (including phenoxy) is 1. The number of hydrogen-bond acceptors (Lipinski definition) is 6. The van der Waals surface area contributed by atoms with Crippen molar-refractivity contribution < 1.29 is 17.9 Å². The molecule has 33 heavy (non-hydrogen) atoms. The molecule has 1 saturated heterocycles. The van der Waals surface area contributed by atoms with Crippen LogP contribution in [0.25, 0.3) is 20.7 Å². The molecule has 0 radical (unpaired) electrons. The minimum atomic E-state index is -4.41. The van der Waals surface area contributed by atoms with Gasteiger partial charge in [0.2, 0.25) is 0 Å². The quantitative estimate of drug-likeness (QED) is 0.391. The summed E-state index contributed by atoms with van der Waals surface area (Å²) in [4.78, 5) is 13.5. The van der Waals surface area contributed by atoms with Crippen LogP contribution < -0.4 is 5.32 Å². The number of anilines is 2. The Kier molecular flexibility index (Phi) is 6.01. The van der Waals surface area contributed by atoms with Crippen molar-refractivity contribution in [1.82, 2.24) is 14.9 Å². The normalized spacial score (nSPS) is 15.1. The summed E-state index contributed by atoms with van der Waals surface area (Å²) in [7, 11) is 0. The van der Waals surface area contributed by atoms with Gasteiger partial charge in [0.1, 0.15) is 16.5 Å². The second-order valence-electron chi connectivity index (χ2n) is 7.78. The summed E-state index contributed by atoms with van der Waals surface area (Å²) >= 11 is 1.54. The Labute approximate surface area is 192 Å². The van der Waals surface area contributed by atoms with E-state index in [1.807, 2.05) is 36.4 Å². The third-order valence-corrected chi connectivity index (χ3v) is 6.50. The Morgan fingerprint density at radius 1 is 0.970 bits per heavy atom. The molecule has 0 atom stereocenters. The van der Waals surface area contributed by atoms with Crippen molar-refractivity contribution in [2.75, 3.05) is 31.6 Å². The van der Waals surface area contributed by atoms with Crippen LogP contribution in [0.2, 0.25) is 0 Å². The summed E-state index contributed by atoms with van der Waals surface area (Å²) < 4.78 is 45.0.